The molecule has 1 aromatic carbocycles. The fourth-order valence-corrected chi connectivity index (χ4v) is 4.12. The van der Waals surface area contributed by atoms with Crippen LogP contribution >= 0.6 is 11.3 Å². The summed E-state index contributed by atoms with van der Waals surface area (Å²) < 4.78 is 3.76. The monoisotopic (exact) mass is 391 g/mol. The molecule has 0 radical (unpaired) electrons. The van der Waals surface area contributed by atoms with Gasteiger partial charge in [0.1, 0.15) is 4.88 Å². The lowest BCUT2D eigenvalue weighted by molar-refractivity contribution is 0.0955. The molecule has 3 heterocycles. The Morgan fingerprint density at radius 3 is 2.46 bits per heavy atom. The number of hydrogen-bond acceptors (Lipinski definition) is 4. The maximum Gasteiger partial charge on any atom is 0.264 e. The van der Waals surface area contributed by atoms with Gasteiger partial charge in [0, 0.05) is 42.8 Å². The van der Waals surface area contributed by atoms with Gasteiger partial charge < -0.3 is 9.88 Å². The van der Waals surface area contributed by atoms with E-state index in [-0.39, 0.29) is 5.91 Å². The van der Waals surface area contributed by atoms with E-state index < -0.39 is 0 Å². The molecule has 0 aliphatic carbocycles. The van der Waals surface area contributed by atoms with E-state index in [0.717, 1.165) is 27.6 Å². The summed E-state index contributed by atoms with van der Waals surface area (Å²) in [6.45, 7) is 4.41. The molecule has 0 aliphatic heterocycles. The highest BCUT2D eigenvalue weighted by atomic mass is 32.1. The Morgan fingerprint density at radius 1 is 1.11 bits per heavy atom. The summed E-state index contributed by atoms with van der Waals surface area (Å²) in [7, 11) is 1.91. The number of rotatable bonds is 5. The van der Waals surface area contributed by atoms with E-state index >= 15 is 0 Å². The van der Waals surface area contributed by atoms with Crippen LogP contribution in [0.1, 0.15) is 26.6 Å². The molecule has 3 aromatic heterocycles. The first-order chi connectivity index (χ1) is 13.5. The Labute approximate surface area is 167 Å². The van der Waals surface area contributed by atoms with Gasteiger partial charge in [-0.3, -0.25) is 9.48 Å². The fraction of sp³-hybridized carbons (Fsp3) is 0.190. The maximum atomic E-state index is 13.0. The van der Waals surface area contributed by atoms with Crippen molar-refractivity contribution in [2.75, 3.05) is 0 Å². The van der Waals surface area contributed by atoms with Crippen molar-refractivity contribution in [3.8, 4) is 16.4 Å². The van der Waals surface area contributed by atoms with Crippen molar-refractivity contribution in [3.05, 3.63) is 76.7 Å². The summed E-state index contributed by atoms with van der Waals surface area (Å²) in [4.78, 5) is 18.4. The summed E-state index contributed by atoms with van der Waals surface area (Å²) >= 11 is 1.39. The van der Waals surface area contributed by atoms with Crippen LogP contribution < -0.4 is 5.32 Å². The van der Waals surface area contributed by atoms with E-state index in [2.05, 4.69) is 10.4 Å². The minimum absolute atomic E-state index is 0.127. The zero-order valence-corrected chi connectivity index (χ0v) is 16.8. The fourth-order valence-electron chi connectivity index (χ4n) is 3.15. The minimum Gasteiger partial charge on any atom is -0.347 e. The zero-order valence-electron chi connectivity index (χ0n) is 16.0. The lowest BCUT2D eigenvalue weighted by atomic mass is 10.1. The second kappa shape index (κ2) is 7.44. The molecule has 0 atom stereocenters. The number of amides is 1. The van der Waals surface area contributed by atoms with Crippen LogP contribution in [-0.2, 0) is 13.6 Å². The van der Waals surface area contributed by atoms with Crippen LogP contribution in [0.5, 0.6) is 0 Å². The summed E-state index contributed by atoms with van der Waals surface area (Å²) in [6.07, 6.45) is 3.86. The van der Waals surface area contributed by atoms with Crippen LogP contribution in [0.25, 0.3) is 16.4 Å². The summed E-state index contributed by atoms with van der Waals surface area (Å²) in [5.41, 5.74) is 4.66. The van der Waals surface area contributed by atoms with Crippen LogP contribution in [0.2, 0.25) is 0 Å². The normalized spacial score (nSPS) is 11.0. The quantitative estimate of drug-likeness (QED) is 0.561. The standard InChI is InChI=1S/C21H21N5OS/c1-14-17(15(2)25(3)24-14)13-22-20(27)19-18(16-9-5-4-6-10-16)23-21(28-19)26-11-7-8-12-26/h4-12H,13H2,1-3H3,(H,22,27). The number of thiazole rings is 1. The average Bonchev–Trinajstić information content (AvgIpc) is 3.42. The van der Waals surface area contributed by atoms with Crippen molar-refractivity contribution in [2.45, 2.75) is 20.4 Å². The van der Waals surface area contributed by atoms with Gasteiger partial charge in [-0.25, -0.2) is 4.98 Å². The number of nitrogens with one attached hydrogen (secondary N) is 1. The van der Waals surface area contributed by atoms with Gasteiger partial charge >= 0.3 is 0 Å². The molecule has 0 fully saturated rings. The Bertz CT molecular complexity index is 1110. The van der Waals surface area contributed by atoms with Crippen LogP contribution in [0.15, 0.2) is 54.9 Å². The lowest BCUT2D eigenvalue weighted by Crippen LogP contribution is -2.23. The lowest BCUT2D eigenvalue weighted by Gasteiger charge is -2.06. The van der Waals surface area contributed by atoms with E-state index in [0.29, 0.717) is 17.1 Å². The zero-order chi connectivity index (χ0) is 19.7. The SMILES string of the molecule is Cc1nn(C)c(C)c1CNC(=O)c1sc(-n2cccc2)nc1-c1ccccc1. The Balaban J connectivity index is 1.66. The van der Waals surface area contributed by atoms with Crippen molar-refractivity contribution in [1.29, 1.82) is 0 Å². The molecular formula is C21H21N5OS. The Morgan fingerprint density at radius 2 is 1.82 bits per heavy atom. The molecule has 0 spiro atoms. The number of hydrogen-bond donors (Lipinski definition) is 1. The number of aromatic nitrogens is 4. The third-order valence-electron chi connectivity index (χ3n) is 4.78. The summed E-state index contributed by atoms with van der Waals surface area (Å²) in [5, 5.41) is 8.23. The smallest absolute Gasteiger partial charge is 0.264 e. The molecule has 142 valence electrons. The molecule has 1 N–H and O–H groups in total. The molecule has 0 aliphatic rings. The minimum atomic E-state index is -0.127. The van der Waals surface area contributed by atoms with Gasteiger partial charge in [0.2, 0.25) is 0 Å². The van der Waals surface area contributed by atoms with Gasteiger partial charge in [0.15, 0.2) is 5.13 Å². The van der Waals surface area contributed by atoms with Gasteiger partial charge in [-0.05, 0) is 26.0 Å². The van der Waals surface area contributed by atoms with E-state index in [1.807, 2.05) is 85.0 Å². The van der Waals surface area contributed by atoms with Crippen LogP contribution in [0.3, 0.4) is 0 Å². The van der Waals surface area contributed by atoms with Crippen molar-refractivity contribution < 1.29 is 4.79 Å². The number of carbonyl (C=O) groups excluding carboxylic acids is 1. The van der Waals surface area contributed by atoms with Gasteiger partial charge in [0.05, 0.1) is 11.4 Å². The highest BCUT2D eigenvalue weighted by Crippen LogP contribution is 2.30. The molecule has 0 unspecified atom stereocenters. The third-order valence-corrected chi connectivity index (χ3v) is 5.85. The molecular weight excluding hydrogens is 370 g/mol. The molecule has 0 saturated heterocycles. The highest BCUT2D eigenvalue weighted by molar-refractivity contribution is 7.16. The van der Waals surface area contributed by atoms with Crippen molar-refractivity contribution >= 4 is 17.2 Å². The largest absolute Gasteiger partial charge is 0.347 e. The van der Waals surface area contributed by atoms with Gasteiger partial charge in [-0.1, -0.05) is 41.7 Å². The Hall–Kier alpha value is -3.19. The summed E-state index contributed by atoms with van der Waals surface area (Å²) in [6, 6.07) is 13.7. The van der Waals surface area contributed by atoms with Gasteiger partial charge in [-0.2, -0.15) is 5.10 Å². The van der Waals surface area contributed by atoms with Gasteiger partial charge in [0.25, 0.3) is 5.91 Å². The number of aryl methyl sites for hydroxylation is 2. The summed E-state index contributed by atoms with van der Waals surface area (Å²) in [5.74, 6) is -0.127. The van der Waals surface area contributed by atoms with Crippen molar-refractivity contribution in [1.82, 2.24) is 24.6 Å². The molecule has 0 saturated carbocycles. The van der Waals surface area contributed by atoms with E-state index in [1.54, 1.807) is 0 Å². The first-order valence-electron chi connectivity index (χ1n) is 9.01. The molecule has 4 aromatic rings. The molecule has 1 amide bonds. The second-order valence-electron chi connectivity index (χ2n) is 6.59. The molecule has 7 heteroatoms. The van der Waals surface area contributed by atoms with Crippen molar-refractivity contribution in [3.63, 3.8) is 0 Å². The highest BCUT2D eigenvalue weighted by Gasteiger charge is 2.21. The number of carbonyl (C=O) groups is 1. The molecule has 6 nitrogen and oxygen atoms in total. The van der Waals surface area contributed by atoms with E-state index in [1.165, 1.54) is 11.3 Å². The molecule has 0 bridgehead atoms. The van der Waals surface area contributed by atoms with Crippen LogP contribution in [0.4, 0.5) is 0 Å². The predicted molar refractivity (Wildman–Crippen MR) is 111 cm³/mol. The first kappa shape index (κ1) is 18.2. The molecule has 28 heavy (non-hydrogen) atoms. The van der Waals surface area contributed by atoms with Crippen LogP contribution in [-0.4, -0.2) is 25.2 Å². The van der Waals surface area contributed by atoms with E-state index in [9.17, 15) is 4.79 Å². The van der Waals surface area contributed by atoms with Crippen LogP contribution in [0, 0.1) is 13.8 Å². The first-order valence-corrected chi connectivity index (χ1v) is 9.83. The third kappa shape index (κ3) is 3.36. The topological polar surface area (TPSA) is 64.7 Å². The average molecular weight is 392 g/mol. The maximum absolute atomic E-state index is 13.0. The Kier molecular flexibility index (Phi) is 4.83. The number of nitrogens with zero attached hydrogens (tertiary/aromatic N) is 4. The van der Waals surface area contributed by atoms with Crippen molar-refractivity contribution in [2.24, 2.45) is 7.05 Å². The number of benzene rings is 1. The predicted octanol–water partition coefficient (Wildman–Crippen LogP) is 3.88. The van der Waals surface area contributed by atoms with Gasteiger partial charge in [-0.15, -0.1) is 0 Å². The second-order valence-corrected chi connectivity index (χ2v) is 7.56. The molecule has 4 rings (SSSR count). The van der Waals surface area contributed by atoms with E-state index in [4.69, 9.17) is 4.98 Å².